The van der Waals surface area contributed by atoms with Crippen LogP contribution in [0.1, 0.15) is 45.4 Å². The number of aldehydes is 1. The fourth-order valence-corrected chi connectivity index (χ4v) is 1.66. The van der Waals surface area contributed by atoms with Crippen LogP contribution in [0, 0.1) is 0 Å². The van der Waals surface area contributed by atoms with Crippen molar-refractivity contribution in [3.63, 3.8) is 0 Å². The molecule has 0 saturated carbocycles. The van der Waals surface area contributed by atoms with Crippen LogP contribution < -0.4 is 0 Å². The van der Waals surface area contributed by atoms with E-state index in [0.29, 0.717) is 6.10 Å². The first kappa shape index (κ1) is 11.4. The molecule has 80 valence electrons. The fraction of sp³-hybridized carbons (Fsp3) is 0.750. The van der Waals surface area contributed by atoms with Crippen molar-refractivity contribution >= 4 is 6.29 Å². The van der Waals surface area contributed by atoms with E-state index in [2.05, 4.69) is 6.92 Å². The number of rotatable bonds is 8. The molecule has 2 nitrogen and oxygen atoms in total. The smallest absolute Gasteiger partial charge is 0.142 e. The van der Waals surface area contributed by atoms with Gasteiger partial charge in [-0.1, -0.05) is 45.1 Å². The molecule has 0 bridgehead atoms. The first-order valence-electron chi connectivity index (χ1n) is 5.66. The minimum Gasteiger partial charge on any atom is -0.365 e. The molecule has 14 heavy (non-hydrogen) atoms. The van der Waals surface area contributed by atoms with Gasteiger partial charge >= 0.3 is 0 Å². The van der Waals surface area contributed by atoms with Crippen molar-refractivity contribution in [2.45, 2.75) is 57.7 Å². The third-order valence-corrected chi connectivity index (χ3v) is 2.59. The molecule has 0 N–H and O–H groups in total. The first-order valence-corrected chi connectivity index (χ1v) is 5.66. The highest BCUT2D eigenvalue weighted by molar-refractivity contribution is 5.64. The van der Waals surface area contributed by atoms with E-state index in [9.17, 15) is 4.79 Å². The normalized spacial score (nSPS) is 25.5. The Bertz CT molecular complexity index is 187. The highest BCUT2D eigenvalue weighted by Crippen LogP contribution is 2.28. The molecule has 0 spiro atoms. The van der Waals surface area contributed by atoms with Gasteiger partial charge < -0.3 is 4.74 Å². The number of epoxide rings is 1. The summed E-state index contributed by atoms with van der Waals surface area (Å²) in [5.41, 5.74) is 0. The van der Waals surface area contributed by atoms with E-state index < -0.39 is 0 Å². The van der Waals surface area contributed by atoms with Crippen LogP contribution in [0.5, 0.6) is 0 Å². The van der Waals surface area contributed by atoms with E-state index in [-0.39, 0.29) is 6.10 Å². The molecule has 0 aliphatic carbocycles. The SMILES string of the molecule is CCCCCCCC1OC1C=CC=O. The number of carbonyl (C=O) groups excluding carboxylic acids is 1. The van der Waals surface area contributed by atoms with Gasteiger partial charge in [-0.15, -0.1) is 0 Å². The Hall–Kier alpha value is -0.630. The number of hydrogen-bond acceptors (Lipinski definition) is 2. The van der Waals surface area contributed by atoms with Gasteiger partial charge in [-0.25, -0.2) is 0 Å². The summed E-state index contributed by atoms with van der Waals surface area (Å²) in [6, 6.07) is 0. The number of carbonyl (C=O) groups is 1. The van der Waals surface area contributed by atoms with Gasteiger partial charge in [0.2, 0.25) is 0 Å². The van der Waals surface area contributed by atoms with E-state index in [4.69, 9.17) is 4.74 Å². The summed E-state index contributed by atoms with van der Waals surface area (Å²) in [4.78, 5) is 10.0. The molecule has 1 heterocycles. The molecule has 2 atom stereocenters. The standard InChI is InChI=1S/C12H20O2/c1-2-3-4-5-6-8-11-12(14-11)9-7-10-13/h7,9-12H,2-6,8H2,1H3. The summed E-state index contributed by atoms with van der Waals surface area (Å²) in [5, 5.41) is 0. The maximum absolute atomic E-state index is 10.0. The number of allylic oxidation sites excluding steroid dienone is 1. The Labute approximate surface area is 86.3 Å². The molecule has 0 aromatic carbocycles. The Morgan fingerprint density at radius 2 is 2.00 bits per heavy atom. The summed E-state index contributed by atoms with van der Waals surface area (Å²) >= 11 is 0. The van der Waals surface area contributed by atoms with Crippen LogP contribution in [-0.4, -0.2) is 18.5 Å². The highest BCUT2D eigenvalue weighted by Gasteiger charge is 2.35. The molecule has 1 aliphatic heterocycles. The van der Waals surface area contributed by atoms with Gasteiger partial charge in [-0.2, -0.15) is 0 Å². The number of hydrogen-bond donors (Lipinski definition) is 0. The van der Waals surface area contributed by atoms with Crippen molar-refractivity contribution < 1.29 is 9.53 Å². The van der Waals surface area contributed by atoms with Gasteiger partial charge in [0.15, 0.2) is 0 Å². The molecule has 1 rings (SSSR count). The molecular weight excluding hydrogens is 176 g/mol. The monoisotopic (exact) mass is 196 g/mol. The Morgan fingerprint density at radius 1 is 1.21 bits per heavy atom. The summed E-state index contributed by atoms with van der Waals surface area (Å²) in [7, 11) is 0. The lowest BCUT2D eigenvalue weighted by Crippen LogP contribution is -1.91. The van der Waals surface area contributed by atoms with Crippen molar-refractivity contribution in [3.8, 4) is 0 Å². The number of ether oxygens (including phenoxy) is 1. The van der Waals surface area contributed by atoms with Gasteiger partial charge in [-0.05, 0) is 12.5 Å². The fourth-order valence-electron chi connectivity index (χ4n) is 1.66. The summed E-state index contributed by atoms with van der Waals surface area (Å²) < 4.78 is 5.38. The molecule has 0 aromatic rings. The molecule has 1 aliphatic rings. The quantitative estimate of drug-likeness (QED) is 0.258. The molecule has 0 aromatic heterocycles. The van der Waals surface area contributed by atoms with Crippen molar-refractivity contribution in [3.05, 3.63) is 12.2 Å². The van der Waals surface area contributed by atoms with E-state index >= 15 is 0 Å². The molecular formula is C12H20O2. The van der Waals surface area contributed by atoms with Gasteiger partial charge in [0, 0.05) is 0 Å². The van der Waals surface area contributed by atoms with Crippen molar-refractivity contribution in [2.24, 2.45) is 0 Å². The number of unbranched alkanes of at least 4 members (excludes halogenated alkanes) is 4. The third kappa shape index (κ3) is 4.56. The lowest BCUT2D eigenvalue weighted by molar-refractivity contribution is -0.104. The molecule has 2 unspecified atom stereocenters. The van der Waals surface area contributed by atoms with Crippen molar-refractivity contribution in [1.29, 1.82) is 0 Å². The van der Waals surface area contributed by atoms with Gasteiger partial charge in [0.25, 0.3) is 0 Å². The van der Waals surface area contributed by atoms with Gasteiger partial charge in [0.05, 0.1) is 6.10 Å². The molecule has 0 radical (unpaired) electrons. The maximum Gasteiger partial charge on any atom is 0.142 e. The zero-order chi connectivity index (χ0) is 10.2. The average Bonchev–Trinajstić information content (AvgIpc) is 2.93. The largest absolute Gasteiger partial charge is 0.365 e. The average molecular weight is 196 g/mol. The van der Waals surface area contributed by atoms with Crippen molar-refractivity contribution in [1.82, 2.24) is 0 Å². The van der Waals surface area contributed by atoms with Crippen LogP contribution in [-0.2, 0) is 9.53 Å². The van der Waals surface area contributed by atoms with E-state index in [1.807, 2.05) is 6.08 Å². The maximum atomic E-state index is 10.0. The van der Waals surface area contributed by atoms with Crippen LogP contribution >= 0.6 is 0 Å². The second kappa shape index (κ2) is 6.77. The zero-order valence-corrected chi connectivity index (χ0v) is 8.95. The van der Waals surface area contributed by atoms with Gasteiger partial charge in [-0.3, -0.25) is 4.79 Å². The second-order valence-corrected chi connectivity index (χ2v) is 3.86. The molecule has 0 amide bonds. The van der Waals surface area contributed by atoms with E-state index in [0.717, 1.165) is 12.7 Å². The van der Waals surface area contributed by atoms with Gasteiger partial charge in [0.1, 0.15) is 12.4 Å². The van der Waals surface area contributed by atoms with Crippen LogP contribution in [0.15, 0.2) is 12.2 Å². The Kier molecular flexibility index (Phi) is 5.53. The summed E-state index contributed by atoms with van der Waals surface area (Å²) in [5.74, 6) is 0. The molecule has 1 fully saturated rings. The summed E-state index contributed by atoms with van der Waals surface area (Å²) in [6.45, 7) is 2.23. The predicted molar refractivity (Wildman–Crippen MR) is 57.2 cm³/mol. The highest BCUT2D eigenvalue weighted by atomic mass is 16.6. The van der Waals surface area contributed by atoms with Crippen LogP contribution in [0.2, 0.25) is 0 Å². The Balaban J connectivity index is 1.90. The lowest BCUT2D eigenvalue weighted by Gasteiger charge is -1.96. The minimum absolute atomic E-state index is 0.228. The first-order chi connectivity index (χ1) is 6.88. The lowest BCUT2D eigenvalue weighted by atomic mass is 10.1. The third-order valence-electron chi connectivity index (χ3n) is 2.59. The van der Waals surface area contributed by atoms with E-state index in [1.165, 1.54) is 38.2 Å². The van der Waals surface area contributed by atoms with Crippen molar-refractivity contribution in [2.75, 3.05) is 0 Å². The van der Waals surface area contributed by atoms with Crippen LogP contribution in [0.3, 0.4) is 0 Å². The Morgan fingerprint density at radius 3 is 2.71 bits per heavy atom. The molecule has 1 saturated heterocycles. The zero-order valence-electron chi connectivity index (χ0n) is 8.95. The topological polar surface area (TPSA) is 29.6 Å². The second-order valence-electron chi connectivity index (χ2n) is 3.86. The predicted octanol–water partition coefficient (Wildman–Crippen LogP) is 2.87. The molecule has 2 heteroatoms. The van der Waals surface area contributed by atoms with Crippen LogP contribution in [0.25, 0.3) is 0 Å². The van der Waals surface area contributed by atoms with E-state index in [1.54, 1.807) is 0 Å². The minimum atomic E-state index is 0.228. The van der Waals surface area contributed by atoms with Crippen LogP contribution in [0.4, 0.5) is 0 Å². The summed E-state index contributed by atoms with van der Waals surface area (Å²) in [6.07, 6.45) is 12.5.